The zero-order valence-corrected chi connectivity index (χ0v) is 18.1. The second-order valence-electron chi connectivity index (χ2n) is 6.80. The number of anilines is 2. The molecule has 2 N–H and O–H groups in total. The van der Waals surface area contributed by atoms with Crippen LogP contribution in [0, 0.1) is 0 Å². The van der Waals surface area contributed by atoms with Crippen molar-refractivity contribution in [2.75, 3.05) is 10.6 Å². The van der Waals surface area contributed by atoms with Crippen LogP contribution >= 0.6 is 15.9 Å². The minimum atomic E-state index is -0.308. The Morgan fingerprint density at radius 2 is 1.65 bits per heavy atom. The van der Waals surface area contributed by atoms with Crippen LogP contribution in [0.4, 0.5) is 11.4 Å². The van der Waals surface area contributed by atoms with Gasteiger partial charge in [-0.2, -0.15) is 0 Å². The normalized spacial score (nSPS) is 10.5. The standard InChI is InChI=1S/C24H18BrN3O3/c1-15(29)27-18-8-5-9-19(13-18)28-23(30)20-10-2-3-11-21(20)24-26-14-22(31-24)16-6-4-7-17(25)12-16/h2-14H,1H3,(H,27,29)(H,28,30). The van der Waals surface area contributed by atoms with Gasteiger partial charge in [0.25, 0.3) is 5.91 Å². The van der Waals surface area contributed by atoms with Crippen molar-refractivity contribution in [1.82, 2.24) is 4.98 Å². The summed E-state index contributed by atoms with van der Waals surface area (Å²) in [4.78, 5) is 28.6. The van der Waals surface area contributed by atoms with E-state index in [-0.39, 0.29) is 11.8 Å². The Morgan fingerprint density at radius 3 is 2.42 bits per heavy atom. The minimum Gasteiger partial charge on any atom is -0.436 e. The predicted molar refractivity (Wildman–Crippen MR) is 124 cm³/mol. The Kier molecular flexibility index (Phi) is 5.95. The fraction of sp³-hybridized carbons (Fsp3) is 0.0417. The summed E-state index contributed by atoms with van der Waals surface area (Å²) in [6, 6.07) is 21.8. The molecule has 0 radical (unpaired) electrons. The number of aromatic nitrogens is 1. The molecule has 0 unspecified atom stereocenters. The van der Waals surface area contributed by atoms with Crippen LogP contribution in [0.1, 0.15) is 17.3 Å². The van der Waals surface area contributed by atoms with E-state index < -0.39 is 0 Å². The zero-order chi connectivity index (χ0) is 21.8. The third kappa shape index (κ3) is 4.90. The van der Waals surface area contributed by atoms with Gasteiger partial charge in [-0.1, -0.05) is 46.3 Å². The average Bonchev–Trinajstić information content (AvgIpc) is 3.24. The highest BCUT2D eigenvalue weighted by atomic mass is 79.9. The first-order chi connectivity index (χ1) is 15.0. The van der Waals surface area contributed by atoms with Gasteiger partial charge in [-0.15, -0.1) is 0 Å². The number of amides is 2. The lowest BCUT2D eigenvalue weighted by Gasteiger charge is -2.10. The number of nitrogens with one attached hydrogen (secondary N) is 2. The molecule has 31 heavy (non-hydrogen) atoms. The van der Waals surface area contributed by atoms with Crippen LogP contribution in [0.3, 0.4) is 0 Å². The summed E-state index contributed by atoms with van der Waals surface area (Å²) in [6.45, 7) is 1.43. The maximum absolute atomic E-state index is 13.0. The Bertz CT molecular complexity index is 1270. The van der Waals surface area contributed by atoms with Crippen LogP contribution in [0.5, 0.6) is 0 Å². The Morgan fingerprint density at radius 1 is 0.903 bits per heavy atom. The van der Waals surface area contributed by atoms with E-state index in [0.717, 1.165) is 10.0 Å². The summed E-state index contributed by atoms with van der Waals surface area (Å²) in [7, 11) is 0. The maximum Gasteiger partial charge on any atom is 0.256 e. The summed E-state index contributed by atoms with van der Waals surface area (Å²) in [5.41, 5.74) is 3.05. The van der Waals surface area contributed by atoms with Crippen LogP contribution in [-0.2, 0) is 4.79 Å². The first-order valence-electron chi connectivity index (χ1n) is 9.50. The first kappa shape index (κ1) is 20.6. The monoisotopic (exact) mass is 475 g/mol. The van der Waals surface area contributed by atoms with Crippen molar-refractivity contribution in [3.63, 3.8) is 0 Å². The number of carbonyl (C=O) groups excluding carboxylic acids is 2. The van der Waals surface area contributed by atoms with Gasteiger partial charge in [0.05, 0.1) is 11.8 Å². The van der Waals surface area contributed by atoms with Gasteiger partial charge < -0.3 is 15.1 Å². The van der Waals surface area contributed by atoms with Crippen molar-refractivity contribution in [3.8, 4) is 22.8 Å². The van der Waals surface area contributed by atoms with Gasteiger partial charge in [0.15, 0.2) is 5.76 Å². The molecule has 4 aromatic rings. The zero-order valence-electron chi connectivity index (χ0n) is 16.6. The second kappa shape index (κ2) is 8.97. The number of halogens is 1. The van der Waals surface area contributed by atoms with Crippen LogP contribution in [0.2, 0.25) is 0 Å². The number of oxazole rings is 1. The van der Waals surface area contributed by atoms with E-state index >= 15 is 0 Å². The lowest BCUT2D eigenvalue weighted by molar-refractivity contribution is -0.114. The fourth-order valence-corrected chi connectivity index (χ4v) is 3.52. The molecule has 0 aliphatic heterocycles. The van der Waals surface area contributed by atoms with Crippen molar-refractivity contribution in [2.45, 2.75) is 6.92 Å². The topological polar surface area (TPSA) is 84.2 Å². The molecule has 0 aliphatic rings. The molecule has 0 bridgehead atoms. The molecule has 7 heteroatoms. The van der Waals surface area contributed by atoms with Crippen LogP contribution in [0.25, 0.3) is 22.8 Å². The van der Waals surface area contributed by atoms with Crippen molar-refractivity contribution in [3.05, 3.63) is 89.0 Å². The molecule has 0 spiro atoms. The van der Waals surface area contributed by atoms with E-state index in [1.165, 1.54) is 6.92 Å². The summed E-state index contributed by atoms with van der Waals surface area (Å²) < 4.78 is 6.89. The highest BCUT2D eigenvalue weighted by Gasteiger charge is 2.17. The van der Waals surface area contributed by atoms with Crippen molar-refractivity contribution >= 4 is 39.1 Å². The highest BCUT2D eigenvalue weighted by Crippen LogP contribution is 2.30. The minimum absolute atomic E-state index is 0.182. The van der Waals surface area contributed by atoms with Gasteiger partial charge in [-0.25, -0.2) is 4.98 Å². The SMILES string of the molecule is CC(=O)Nc1cccc(NC(=O)c2ccccc2-c2ncc(-c3cccc(Br)c3)o2)c1. The van der Waals surface area contributed by atoms with Gasteiger partial charge in [-0.3, -0.25) is 9.59 Å². The Labute approximate surface area is 187 Å². The molecule has 1 heterocycles. The molecule has 0 atom stereocenters. The third-order valence-electron chi connectivity index (χ3n) is 4.46. The summed E-state index contributed by atoms with van der Waals surface area (Å²) in [6.07, 6.45) is 1.64. The Hall–Kier alpha value is -3.71. The van der Waals surface area contributed by atoms with Gasteiger partial charge in [0.1, 0.15) is 0 Å². The van der Waals surface area contributed by atoms with Crippen molar-refractivity contribution < 1.29 is 14.0 Å². The second-order valence-corrected chi connectivity index (χ2v) is 7.72. The van der Waals surface area contributed by atoms with E-state index in [1.54, 1.807) is 48.7 Å². The molecule has 154 valence electrons. The first-order valence-corrected chi connectivity index (χ1v) is 10.3. The highest BCUT2D eigenvalue weighted by molar-refractivity contribution is 9.10. The molecule has 0 fully saturated rings. The number of nitrogens with zero attached hydrogens (tertiary/aromatic N) is 1. The van der Waals surface area contributed by atoms with Crippen LogP contribution in [-0.4, -0.2) is 16.8 Å². The van der Waals surface area contributed by atoms with Crippen molar-refractivity contribution in [2.24, 2.45) is 0 Å². The smallest absolute Gasteiger partial charge is 0.256 e. The lowest BCUT2D eigenvalue weighted by Crippen LogP contribution is -2.13. The summed E-state index contributed by atoms with van der Waals surface area (Å²) in [5, 5.41) is 5.56. The Balaban J connectivity index is 1.61. The van der Waals surface area contributed by atoms with Gasteiger partial charge in [0.2, 0.25) is 11.8 Å². The molecule has 0 saturated heterocycles. The third-order valence-corrected chi connectivity index (χ3v) is 4.95. The van der Waals surface area contributed by atoms with Gasteiger partial charge in [0, 0.05) is 33.9 Å². The molecule has 4 rings (SSSR count). The van der Waals surface area contributed by atoms with E-state index in [2.05, 4.69) is 31.5 Å². The number of carbonyl (C=O) groups is 2. The van der Waals surface area contributed by atoms with Crippen LogP contribution < -0.4 is 10.6 Å². The summed E-state index contributed by atoms with van der Waals surface area (Å²) >= 11 is 3.45. The van der Waals surface area contributed by atoms with Crippen LogP contribution in [0.15, 0.2) is 87.9 Å². The molecule has 0 aliphatic carbocycles. The molecule has 6 nitrogen and oxygen atoms in total. The molecule has 1 aromatic heterocycles. The van der Waals surface area contributed by atoms with E-state index in [9.17, 15) is 9.59 Å². The molecular weight excluding hydrogens is 458 g/mol. The predicted octanol–water partition coefficient (Wildman–Crippen LogP) is 5.98. The largest absolute Gasteiger partial charge is 0.436 e. The molecule has 0 saturated carbocycles. The van der Waals surface area contributed by atoms with E-state index in [0.29, 0.717) is 34.2 Å². The average molecular weight is 476 g/mol. The van der Waals surface area contributed by atoms with E-state index in [4.69, 9.17) is 4.42 Å². The summed E-state index contributed by atoms with van der Waals surface area (Å²) in [5.74, 6) is 0.471. The maximum atomic E-state index is 13.0. The molecule has 2 amide bonds. The number of benzene rings is 3. The van der Waals surface area contributed by atoms with Crippen molar-refractivity contribution in [1.29, 1.82) is 0 Å². The van der Waals surface area contributed by atoms with E-state index in [1.807, 2.05) is 30.3 Å². The fourth-order valence-electron chi connectivity index (χ4n) is 3.12. The number of rotatable bonds is 5. The molecule has 3 aromatic carbocycles. The number of hydrogen-bond donors (Lipinski definition) is 2. The van der Waals surface area contributed by atoms with Gasteiger partial charge in [-0.05, 0) is 42.5 Å². The van der Waals surface area contributed by atoms with Gasteiger partial charge >= 0.3 is 0 Å². The molecular formula is C24H18BrN3O3. The lowest BCUT2D eigenvalue weighted by atomic mass is 10.1. The number of hydrogen-bond acceptors (Lipinski definition) is 4. The quantitative estimate of drug-likeness (QED) is 0.371.